The molecule has 0 fully saturated rings. The summed E-state index contributed by atoms with van der Waals surface area (Å²) in [6.45, 7) is 10.8. The third kappa shape index (κ3) is 8.37. The molecule has 0 amide bonds. The number of rotatable bonds is 9. The first-order valence-corrected chi connectivity index (χ1v) is 16.7. The zero-order valence-corrected chi connectivity index (χ0v) is 28.7. The fraction of sp³-hybridized carbons (Fsp3) is 0.324. The second kappa shape index (κ2) is 13.1. The van der Waals surface area contributed by atoms with Crippen molar-refractivity contribution < 1.29 is 32.2 Å². The molecule has 0 aliphatic heterocycles. The Hall–Kier alpha value is -5.24. The fourth-order valence-corrected chi connectivity index (χ4v) is 5.85. The van der Waals surface area contributed by atoms with Gasteiger partial charge in [-0.1, -0.05) is 12.1 Å². The van der Waals surface area contributed by atoms with Crippen LogP contribution >= 0.6 is 0 Å². The largest absolute Gasteiger partial charge is 0.495 e. The first-order chi connectivity index (χ1) is 22.5. The Labute approximate surface area is 278 Å². The van der Waals surface area contributed by atoms with Gasteiger partial charge in [0.15, 0.2) is 5.75 Å². The number of nitrogens with one attached hydrogen (secondary N) is 1. The number of hydrogen-bond donors (Lipinski definition) is 1. The highest BCUT2D eigenvalue weighted by atomic mass is 32.2. The molecule has 5 rings (SSSR count). The summed E-state index contributed by atoms with van der Waals surface area (Å²) in [5, 5.41) is 5.17. The van der Waals surface area contributed by atoms with E-state index in [9.17, 15) is 18.0 Å². The van der Waals surface area contributed by atoms with E-state index in [1.165, 1.54) is 11.7 Å². The van der Waals surface area contributed by atoms with Gasteiger partial charge in [-0.3, -0.25) is 19.2 Å². The van der Waals surface area contributed by atoms with Crippen molar-refractivity contribution in [1.29, 1.82) is 0 Å². The van der Waals surface area contributed by atoms with Gasteiger partial charge in [0.05, 0.1) is 25.5 Å². The van der Waals surface area contributed by atoms with E-state index in [1.54, 1.807) is 95.4 Å². The van der Waals surface area contributed by atoms with Crippen LogP contribution in [0.25, 0.3) is 33.3 Å². The zero-order chi connectivity index (χ0) is 34.9. The molecule has 13 nitrogen and oxygen atoms in total. The van der Waals surface area contributed by atoms with Gasteiger partial charge < -0.3 is 14.2 Å². The molecule has 4 aromatic heterocycles. The van der Waals surface area contributed by atoms with Crippen molar-refractivity contribution in [2.24, 2.45) is 0 Å². The molecule has 48 heavy (non-hydrogen) atoms. The van der Waals surface area contributed by atoms with Crippen molar-refractivity contribution >= 4 is 38.8 Å². The molecule has 0 atom stereocenters. The van der Waals surface area contributed by atoms with Crippen molar-refractivity contribution in [2.45, 2.75) is 59.3 Å². The van der Waals surface area contributed by atoms with E-state index in [4.69, 9.17) is 14.2 Å². The lowest BCUT2D eigenvalue weighted by molar-refractivity contribution is -0.151. The lowest BCUT2D eigenvalue weighted by Gasteiger charge is -2.20. The van der Waals surface area contributed by atoms with Crippen molar-refractivity contribution in [3.05, 3.63) is 79.1 Å². The van der Waals surface area contributed by atoms with Crippen molar-refractivity contribution in [2.75, 3.05) is 17.6 Å². The number of ether oxygens (including phenoxy) is 3. The summed E-state index contributed by atoms with van der Waals surface area (Å²) < 4.78 is 47.7. The minimum absolute atomic E-state index is 0.127. The molecule has 5 aromatic rings. The van der Waals surface area contributed by atoms with Gasteiger partial charge in [0.25, 0.3) is 0 Å². The number of esters is 1. The Morgan fingerprint density at radius 1 is 0.896 bits per heavy atom. The SMILES string of the molecule is COc1ccc(-c2cnc3c(c2)c(-c2cnn(Cc4cccnc4)c2)cn3C(=O)OC(C)(C)C)cc1NS(=O)(=O)CC(=O)OC(C)(C)C. The molecule has 252 valence electrons. The number of benzene rings is 1. The summed E-state index contributed by atoms with van der Waals surface area (Å²) in [6, 6.07) is 10.6. The number of carbonyl (C=O) groups is 2. The van der Waals surface area contributed by atoms with E-state index < -0.39 is 39.0 Å². The number of methoxy groups -OCH3 is 1. The van der Waals surface area contributed by atoms with Gasteiger partial charge >= 0.3 is 12.1 Å². The molecule has 0 saturated heterocycles. The van der Waals surface area contributed by atoms with E-state index >= 15 is 0 Å². The number of aromatic nitrogens is 5. The Kier molecular flexibility index (Phi) is 9.31. The number of carbonyl (C=O) groups excluding carboxylic acids is 2. The molecular weight excluding hydrogens is 636 g/mol. The van der Waals surface area contributed by atoms with Gasteiger partial charge in [0.1, 0.15) is 22.6 Å². The molecule has 4 heterocycles. The standard InChI is InChI=1S/C34H38N6O7S/c1-33(2,3)46-30(41)21-48(43,44)38-28-14-23(10-11-29(28)45-7)24-13-26-27(20-40(31(26)36-16-24)32(42)47-34(4,5)6)25-17-37-39(19-25)18-22-9-8-12-35-15-22/h8-17,19-20,38H,18,21H2,1-7H3. The average Bonchev–Trinajstić information content (AvgIpc) is 3.59. The Morgan fingerprint density at radius 3 is 2.31 bits per heavy atom. The normalized spacial score (nSPS) is 12.1. The number of pyridine rings is 2. The monoisotopic (exact) mass is 674 g/mol. The van der Waals surface area contributed by atoms with Crippen LogP contribution in [0.3, 0.4) is 0 Å². The van der Waals surface area contributed by atoms with Crippen LogP contribution in [0.5, 0.6) is 5.75 Å². The van der Waals surface area contributed by atoms with E-state index in [2.05, 4.69) is 19.8 Å². The molecule has 1 aromatic carbocycles. The van der Waals surface area contributed by atoms with Crippen LogP contribution in [-0.2, 0) is 30.8 Å². The lowest BCUT2D eigenvalue weighted by atomic mass is 10.0. The zero-order valence-electron chi connectivity index (χ0n) is 27.8. The van der Waals surface area contributed by atoms with Crippen LogP contribution < -0.4 is 9.46 Å². The number of sulfonamides is 1. The summed E-state index contributed by atoms with van der Waals surface area (Å²) in [7, 11) is -2.73. The number of anilines is 1. The highest BCUT2D eigenvalue weighted by molar-refractivity contribution is 7.93. The third-order valence-electron chi connectivity index (χ3n) is 6.77. The minimum atomic E-state index is -4.14. The van der Waals surface area contributed by atoms with Crippen LogP contribution in [0.2, 0.25) is 0 Å². The Balaban J connectivity index is 1.54. The van der Waals surface area contributed by atoms with Gasteiger partial charge in [0, 0.05) is 53.1 Å². The summed E-state index contributed by atoms with van der Waals surface area (Å²) in [5.41, 5.74) is 2.56. The predicted octanol–water partition coefficient (Wildman–Crippen LogP) is 5.89. The molecular formula is C34H38N6O7S. The molecule has 0 spiro atoms. The van der Waals surface area contributed by atoms with Crippen LogP contribution in [0.4, 0.5) is 10.5 Å². The Morgan fingerprint density at radius 2 is 1.65 bits per heavy atom. The van der Waals surface area contributed by atoms with E-state index in [0.717, 1.165) is 11.1 Å². The fourth-order valence-electron chi connectivity index (χ4n) is 4.91. The molecule has 0 radical (unpaired) electrons. The van der Waals surface area contributed by atoms with Gasteiger partial charge in [0.2, 0.25) is 10.0 Å². The van der Waals surface area contributed by atoms with E-state index in [0.29, 0.717) is 34.3 Å². The smallest absolute Gasteiger partial charge is 0.420 e. The maximum Gasteiger partial charge on any atom is 0.420 e. The van der Waals surface area contributed by atoms with Gasteiger partial charge in [-0.15, -0.1) is 0 Å². The van der Waals surface area contributed by atoms with Crippen molar-refractivity contribution in [1.82, 2.24) is 24.3 Å². The highest BCUT2D eigenvalue weighted by Gasteiger charge is 2.25. The van der Waals surface area contributed by atoms with Crippen LogP contribution in [0.15, 0.2) is 73.6 Å². The van der Waals surface area contributed by atoms with E-state index in [-0.39, 0.29) is 11.4 Å². The minimum Gasteiger partial charge on any atom is -0.495 e. The molecule has 14 heteroatoms. The quantitative estimate of drug-likeness (QED) is 0.187. The summed E-state index contributed by atoms with van der Waals surface area (Å²) in [6.07, 6.45) is 9.73. The van der Waals surface area contributed by atoms with Gasteiger partial charge in [-0.05, 0) is 76.9 Å². The number of hydrogen-bond acceptors (Lipinski definition) is 10. The summed E-state index contributed by atoms with van der Waals surface area (Å²) >= 11 is 0. The van der Waals surface area contributed by atoms with Crippen LogP contribution in [0, 0.1) is 0 Å². The number of nitrogens with zero attached hydrogens (tertiary/aromatic N) is 5. The highest BCUT2D eigenvalue weighted by Crippen LogP contribution is 2.36. The first-order valence-electron chi connectivity index (χ1n) is 15.1. The van der Waals surface area contributed by atoms with Crippen LogP contribution in [0.1, 0.15) is 47.1 Å². The van der Waals surface area contributed by atoms with E-state index in [1.807, 2.05) is 24.4 Å². The molecule has 0 bridgehead atoms. The first kappa shape index (κ1) is 34.1. The Bertz CT molecular complexity index is 2070. The second-order valence-corrected chi connectivity index (χ2v) is 14.9. The van der Waals surface area contributed by atoms with Crippen LogP contribution in [-0.4, -0.2) is 68.9 Å². The topological polar surface area (TPSA) is 157 Å². The molecule has 0 aliphatic carbocycles. The average molecular weight is 675 g/mol. The maximum atomic E-state index is 13.3. The van der Waals surface area contributed by atoms with Gasteiger partial charge in [-0.25, -0.2) is 22.8 Å². The maximum absolute atomic E-state index is 13.3. The van der Waals surface area contributed by atoms with Gasteiger partial charge in [-0.2, -0.15) is 5.10 Å². The summed E-state index contributed by atoms with van der Waals surface area (Å²) in [4.78, 5) is 34.4. The second-order valence-electron chi connectivity index (χ2n) is 13.1. The molecule has 0 saturated carbocycles. The molecule has 0 aliphatic rings. The lowest BCUT2D eigenvalue weighted by Crippen LogP contribution is -2.30. The number of fused-ring (bicyclic) bond motifs is 1. The summed E-state index contributed by atoms with van der Waals surface area (Å²) in [5.74, 6) is -1.51. The van der Waals surface area contributed by atoms with Crippen molar-refractivity contribution in [3.63, 3.8) is 0 Å². The predicted molar refractivity (Wildman–Crippen MR) is 181 cm³/mol. The van der Waals surface area contributed by atoms with Crippen molar-refractivity contribution in [3.8, 4) is 28.0 Å². The molecule has 0 unspecified atom stereocenters. The molecule has 1 N–H and O–H groups in total. The third-order valence-corrected chi connectivity index (χ3v) is 7.92.